The van der Waals surface area contributed by atoms with E-state index in [-0.39, 0.29) is 12.3 Å². The summed E-state index contributed by atoms with van der Waals surface area (Å²) < 4.78 is 37.8. The minimum absolute atomic E-state index is 0.184. The summed E-state index contributed by atoms with van der Waals surface area (Å²) in [6, 6.07) is 4.51. The Labute approximate surface area is 129 Å². The van der Waals surface area contributed by atoms with Crippen LogP contribution in [0.5, 0.6) is 0 Å². The van der Waals surface area contributed by atoms with E-state index < -0.39 is 40.9 Å². The van der Waals surface area contributed by atoms with E-state index in [9.17, 15) is 33.0 Å². The lowest BCUT2D eigenvalue weighted by Crippen LogP contribution is -2.28. The van der Waals surface area contributed by atoms with Crippen LogP contribution in [0.25, 0.3) is 0 Å². The molecule has 0 radical (unpaired) electrons. The van der Waals surface area contributed by atoms with Crippen LogP contribution in [0.2, 0.25) is 0 Å². The monoisotopic (exact) mass is 328 g/mol. The lowest BCUT2D eigenvalue weighted by atomic mass is 9.82. The predicted molar refractivity (Wildman–Crippen MR) is 72.6 cm³/mol. The van der Waals surface area contributed by atoms with Gasteiger partial charge in [-0.2, -0.15) is 13.2 Å². The van der Waals surface area contributed by atoms with Gasteiger partial charge in [-0.05, 0) is 42.9 Å². The Balaban J connectivity index is 1.87. The average Bonchev–Trinajstić information content (AvgIpc) is 2.92. The van der Waals surface area contributed by atoms with Gasteiger partial charge in [-0.1, -0.05) is 12.1 Å². The topological polar surface area (TPSA) is 74.6 Å². The highest BCUT2D eigenvalue weighted by atomic mass is 19.4. The molecule has 1 aromatic rings. The third-order valence-corrected chi connectivity index (χ3v) is 5.33. The molecule has 0 aromatic heterocycles. The van der Waals surface area contributed by atoms with Crippen molar-refractivity contribution in [1.82, 2.24) is 0 Å². The van der Waals surface area contributed by atoms with Crippen LogP contribution in [0.1, 0.15) is 24.0 Å². The van der Waals surface area contributed by atoms with Gasteiger partial charge < -0.3 is 10.2 Å². The third-order valence-electron chi connectivity index (χ3n) is 5.33. The van der Waals surface area contributed by atoms with E-state index >= 15 is 0 Å². The van der Waals surface area contributed by atoms with Gasteiger partial charge >= 0.3 is 18.1 Å². The lowest BCUT2D eigenvalue weighted by Gasteiger charge is -2.21. The molecule has 4 atom stereocenters. The normalized spacial score (nSPS) is 32.4. The molecule has 3 rings (SSSR count). The summed E-state index contributed by atoms with van der Waals surface area (Å²) >= 11 is 0. The summed E-state index contributed by atoms with van der Waals surface area (Å²) in [5.74, 6) is -3.73. The average molecular weight is 328 g/mol. The molecule has 2 aliphatic rings. The standard InChI is InChI=1S/C16H15F3O4/c17-16(18,19)9-3-1-8(2-4-9)7-15-10(12(15)14(22)23)5-6-11(15)13(20)21/h1-4,10-12H,5-7H2,(H,20,21)(H,22,23). The van der Waals surface area contributed by atoms with Crippen molar-refractivity contribution in [2.45, 2.75) is 25.4 Å². The van der Waals surface area contributed by atoms with Gasteiger partial charge in [0, 0.05) is 5.41 Å². The van der Waals surface area contributed by atoms with Gasteiger partial charge in [-0.3, -0.25) is 9.59 Å². The number of carboxylic acid groups (broad SMARTS) is 2. The summed E-state index contributed by atoms with van der Waals surface area (Å²) in [7, 11) is 0. The Morgan fingerprint density at radius 3 is 2.13 bits per heavy atom. The van der Waals surface area contributed by atoms with Gasteiger partial charge in [0.25, 0.3) is 0 Å². The van der Waals surface area contributed by atoms with Crippen LogP contribution in [-0.4, -0.2) is 22.2 Å². The first-order valence-electron chi connectivity index (χ1n) is 7.29. The second-order valence-corrected chi connectivity index (χ2v) is 6.37. The van der Waals surface area contributed by atoms with Crippen LogP contribution in [0.3, 0.4) is 0 Å². The van der Waals surface area contributed by atoms with Crippen molar-refractivity contribution in [2.75, 3.05) is 0 Å². The van der Waals surface area contributed by atoms with Crippen LogP contribution in [-0.2, 0) is 22.2 Å². The molecule has 0 bridgehead atoms. The Kier molecular flexibility index (Phi) is 3.42. The fourth-order valence-electron chi connectivity index (χ4n) is 4.35. The number of hydrogen-bond donors (Lipinski definition) is 2. The van der Waals surface area contributed by atoms with Crippen LogP contribution < -0.4 is 0 Å². The zero-order valence-corrected chi connectivity index (χ0v) is 12.0. The van der Waals surface area contributed by atoms with E-state index in [0.717, 1.165) is 12.1 Å². The van der Waals surface area contributed by atoms with Crippen molar-refractivity contribution >= 4 is 11.9 Å². The number of benzene rings is 1. The van der Waals surface area contributed by atoms with Crippen molar-refractivity contribution in [3.63, 3.8) is 0 Å². The zero-order valence-electron chi connectivity index (χ0n) is 12.0. The molecule has 0 amide bonds. The fourth-order valence-corrected chi connectivity index (χ4v) is 4.35. The summed E-state index contributed by atoms with van der Waals surface area (Å²) in [6.45, 7) is 0. The molecule has 0 saturated heterocycles. The number of rotatable bonds is 4. The maximum absolute atomic E-state index is 12.6. The number of carbonyl (C=O) groups is 2. The number of halogens is 3. The second kappa shape index (κ2) is 4.97. The number of hydrogen-bond acceptors (Lipinski definition) is 2. The van der Waals surface area contributed by atoms with E-state index in [0.29, 0.717) is 18.4 Å². The van der Waals surface area contributed by atoms with E-state index in [4.69, 9.17) is 0 Å². The first kappa shape index (κ1) is 15.8. The Morgan fingerprint density at radius 2 is 1.70 bits per heavy atom. The molecule has 1 aromatic carbocycles. The second-order valence-electron chi connectivity index (χ2n) is 6.37. The summed E-state index contributed by atoms with van der Waals surface area (Å²) in [5.41, 5.74) is -1.10. The molecule has 0 aliphatic heterocycles. The van der Waals surface area contributed by atoms with Gasteiger partial charge in [0.2, 0.25) is 0 Å². The van der Waals surface area contributed by atoms with E-state index in [1.54, 1.807) is 0 Å². The minimum atomic E-state index is -4.43. The zero-order chi connectivity index (χ0) is 17.0. The highest BCUT2D eigenvalue weighted by Crippen LogP contribution is 2.72. The molecule has 2 N–H and O–H groups in total. The molecule has 7 heteroatoms. The smallest absolute Gasteiger partial charge is 0.416 e. The largest absolute Gasteiger partial charge is 0.481 e. The molecule has 0 spiro atoms. The maximum atomic E-state index is 12.6. The van der Waals surface area contributed by atoms with Crippen molar-refractivity contribution in [1.29, 1.82) is 0 Å². The van der Waals surface area contributed by atoms with Crippen LogP contribution in [0, 0.1) is 23.2 Å². The Bertz CT molecular complexity index is 652. The van der Waals surface area contributed by atoms with Crippen molar-refractivity contribution in [2.24, 2.45) is 23.2 Å². The molecule has 23 heavy (non-hydrogen) atoms. The molecule has 0 heterocycles. The highest BCUT2D eigenvalue weighted by molar-refractivity contribution is 5.81. The highest BCUT2D eigenvalue weighted by Gasteiger charge is 2.75. The van der Waals surface area contributed by atoms with Crippen LogP contribution in [0.15, 0.2) is 24.3 Å². The summed E-state index contributed by atoms with van der Waals surface area (Å²) in [6.07, 6.45) is -3.29. The van der Waals surface area contributed by atoms with Crippen molar-refractivity contribution in [3.05, 3.63) is 35.4 Å². The number of carboxylic acids is 2. The van der Waals surface area contributed by atoms with Crippen molar-refractivity contribution in [3.8, 4) is 0 Å². The quantitative estimate of drug-likeness (QED) is 0.891. The Hall–Kier alpha value is -2.05. The van der Waals surface area contributed by atoms with Gasteiger partial charge in [0.1, 0.15) is 0 Å². The molecule has 2 aliphatic carbocycles. The summed E-state index contributed by atoms with van der Waals surface area (Å²) in [5, 5.41) is 18.7. The lowest BCUT2D eigenvalue weighted by molar-refractivity contribution is -0.146. The first-order chi connectivity index (χ1) is 10.7. The maximum Gasteiger partial charge on any atom is 0.416 e. The van der Waals surface area contributed by atoms with Crippen LogP contribution in [0.4, 0.5) is 13.2 Å². The third kappa shape index (κ3) is 2.38. The molecule has 124 valence electrons. The molecular weight excluding hydrogens is 313 g/mol. The molecular formula is C16H15F3O4. The first-order valence-corrected chi connectivity index (χ1v) is 7.29. The number of alkyl halides is 3. The summed E-state index contributed by atoms with van der Waals surface area (Å²) in [4.78, 5) is 22.8. The van der Waals surface area contributed by atoms with E-state index in [2.05, 4.69) is 0 Å². The van der Waals surface area contributed by atoms with Gasteiger partial charge in [-0.15, -0.1) is 0 Å². The van der Waals surface area contributed by atoms with Crippen LogP contribution >= 0.6 is 0 Å². The minimum Gasteiger partial charge on any atom is -0.481 e. The SMILES string of the molecule is O=C(O)C1CCC2C(C(=O)O)C12Cc1ccc(C(F)(F)F)cc1. The Morgan fingerprint density at radius 1 is 1.09 bits per heavy atom. The molecule has 4 nitrogen and oxygen atoms in total. The molecule has 2 fully saturated rings. The van der Waals surface area contributed by atoms with E-state index in [1.165, 1.54) is 12.1 Å². The number of aliphatic carboxylic acids is 2. The van der Waals surface area contributed by atoms with E-state index in [1.807, 2.05) is 0 Å². The van der Waals surface area contributed by atoms with Gasteiger partial charge in [0.15, 0.2) is 0 Å². The van der Waals surface area contributed by atoms with Gasteiger partial charge in [-0.25, -0.2) is 0 Å². The predicted octanol–water partition coefficient (Wildman–Crippen LogP) is 3.06. The molecule has 4 unspecified atom stereocenters. The molecule has 2 saturated carbocycles. The fraction of sp³-hybridized carbons (Fsp3) is 0.500. The van der Waals surface area contributed by atoms with Crippen molar-refractivity contribution < 1.29 is 33.0 Å². The number of fused-ring (bicyclic) bond motifs is 1. The van der Waals surface area contributed by atoms with Gasteiger partial charge in [0.05, 0.1) is 17.4 Å².